The molecular weight excluding hydrogens is 440 g/mol. The maximum absolute atomic E-state index is 13.2. The summed E-state index contributed by atoms with van der Waals surface area (Å²) in [6, 6.07) is 13.4. The average molecular weight is 475 g/mol. The van der Waals surface area contributed by atoms with Gasteiger partial charge in [0, 0.05) is 36.4 Å². The molecule has 0 saturated heterocycles. The molecule has 2 aromatic heterocycles. The topological polar surface area (TPSA) is 93.2 Å². The molecule has 1 aliphatic carbocycles. The minimum atomic E-state index is -0.487. The number of pyridine rings is 2. The molecule has 1 aromatic carbocycles. The fourth-order valence-electron chi connectivity index (χ4n) is 4.55. The number of nitrogens with zero attached hydrogens (tertiary/aromatic N) is 2. The number of ether oxygens (including phenoxy) is 1. The van der Waals surface area contributed by atoms with Gasteiger partial charge in [-0.1, -0.05) is 18.2 Å². The maximum atomic E-state index is 13.2. The van der Waals surface area contributed by atoms with Crippen LogP contribution in [0.15, 0.2) is 54.9 Å². The zero-order chi connectivity index (χ0) is 24.8. The molecule has 0 unspecified atom stereocenters. The van der Waals surface area contributed by atoms with Crippen LogP contribution in [0.4, 0.5) is 4.79 Å². The van der Waals surface area contributed by atoms with E-state index in [1.807, 2.05) is 63.2 Å². The Morgan fingerprint density at radius 2 is 1.57 bits per heavy atom. The summed E-state index contributed by atoms with van der Waals surface area (Å²) in [4.78, 5) is 34.0. The number of nitrogens with one attached hydrogen (secondary N) is 2. The Morgan fingerprint density at radius 3 is 2.23 bits per heavy atom. The summed E-state index contributed by atoms with van der Waals surface area (Å²) in [5.41, 5.74) is 2.63. The van der Waals surface area contributed by atoms with E-state index in [-0.39, 0.29) is 12.0 Å². The number of para-hydroxylation sites is 1. The van der Waals surface area contributed by atoms with Crippen molar-refractivity contribution in [2.45, 2.75) is 52.1 Å². The Bertz CT molecular complexity index is 1170. The second kappa shape index (κ2) is 10.8. The van der Waals surface area contributed by atoms with E-state index in [1.54, 1.807) is 12.4 Å². The second-order valence-electron chi connectivity index (χ2n) is 10.3. The average Bonchev–Trinajstić information content (AvgIpc) is 2.85. The number of alkyl carbamates (subject to hydrolysis) is 1. The van der Waals surface area contributed by atoms with Gasteiger partial charge in [0.15, 0.2) is 0 Å². The van der Waals surface area contributed by atoms with Crippen molar-refractivity contribution in [2.24, 2.45) is 11.8 Å². The molecule has 0 radical (unpaired) electrons. The Labute approximate surface area is 206 Å². The molecule has 2 heterocycles. The zero-order valence-corrected chi connectivity index (χ0v) is 20.7. The summed E-state index contributed by atoms with van der Waals surface area (Å²) in [5.74, 6) is 0.804. The van der Waals surface area contributed by atoms with Crippen LogP contribution in [0.2, 0.25) is 0 Å². The van der Waals surface area contributed by atoms with Crippen LogP contribution in [-0.4, -0.2) is 40.7 Å². The van der Waals surface area contributed by atoms with Gasteiger partial charge in [0.25, 0.3) is 5.91 Å². The van der Waals surface area contributed by atoms with Crippen LogP contribution >= 0.6 is 0 Å². The van der Waals surface area contributed by atoms with Gasteiger partial charge in [-0.15, -0.1) is 0 Å². The Morgan fingerprint density at radius 1 is 0.943 bits per heavy atom. The van der Waals surface area contributed by atoms with E-state index in [0.717, 1.165) is 47.8 Å². The van der Waals surface area contributed by atoms with Crippen molar-refractivity contribution < 1.29 is 14.3 Å². The second-order valence-corrected chi connectivity index (χ2v) is 10.3. The highest BCUT2D eigenvalue weighted by Gasteiger charge is 2.24. The lowest BCUT2D eigenvalue weighted by Crippen LogP contribution is -2.37. The molecule has 1 fully saturated rings. The first-order valence-corrected chi connectivity index (χ1v) is 12.3. The van der Waals surface area contributed by atoms with Gasteiger partial charge in [-0.05, 0) is 82.6 Å². The molecular formula is C28H34N4O3. The van der Waals surface area contributed by atoms with Gasteiger partial charge in [0.1, 0.15) is 5.60 Å². The van der Waals surface area contributed by atoms with Crippen molar-refractivity contribution in [1.29, 1.82) is 0 Å². The molecule has 7 heteroatoms. The predicted octanol–water partition coefficient (Wildman–Crippen LogP) is 5.36. The Balaban J connectivity index is 1.33. The first-order valence-electron chi connectivity index (χ1n) is 12.3. The van der Waals surface area contributed by atoms with Crippen LogP contribution in [0.25, 0.3) is 22.2 Å². The maximum Gasteiger partial charge on any atom is 0.407 e. The van der Waals surface area contributed by atoms with Gasteiger partial charge in [0.2, 0.25) is 0 Å². The fraction of sp³-hybridized carbons (Fsp3) is 0.429. The molecule has 0 aliphatic heterocycles. The monoisotopic (exact) mass is 474 g/mol. The van der Waals surface area contributed by atoms with Gasteiger partial charge in [-0.2, -0.15) is 0 Å². The number of aromatic nitrogens is 2. The summed E-state index contributed by atoms with van der Waals surface area (Å²) in [7, 11) is 0. The summed E-state index contributed by atoms with van der Waals surface area (Å²) in [5, 5.41) is 6.90. The van der Waals surface area contributed by atoms with Crippen LogP contribution in [0.1, 0.15) is 56.8 Å². The number of carbonyl (C=O) groups excluding carboxylic acids is 2. The number of hydrogen-bond acceptors (Lipinski definition) is 5. The number of carbonyl (C=O) groups is 2. The minimum Gasteiger partial charge on any atom is -0.444 e. The highest BCUT2D eigenvalue weighted by atomic mass is 16.6. The highest BCUT2D eigenvalue weighted by molar-refractivity contribution is 6.07. The number of benzene rings is 1. The smallest absolute Gasteiger partial charge is 0.407 e. The molecule has 0 bridgehead atoms. The van der Waals surface area contributed by atoms with Gasteiger partial charge in [-0.3, -0.25) is 9.78 Å². The lowest BCUT2D eigenvalue weighted by molar-refractivity contribution is 0.0512. The first kappa shape index (κ1) is 24.6. The third-order valence-corrected chi connectivity index (χ3v) is 6.39. The van der Waals surface area contributed by atoms with Crippen molar-refractivity contribution >= 4 is 22.9 Å². The predicted molar refractivity (Wildman–Crippen MR) is 137 cm³/mol. The molecule has 1 saturated carbocycles. The molecule has 35 heavy (non-hydrogen) atoms. The van der Waals surface area contributed by atoms with Crippen molar-refractivity contribution in [3.05, 3.63) is 60.4 Å². The molecule has 184 valence electrons. The number of hydrogen-bond donors (Lipinski definition) is 2. The molecule has 2 amide bonds. The number of fused-ring (bicyclic) bond motifs is 1. The molecule has 1 aliphatic rings. The third kappa shape index (κ3) is 6.78. The molecule has 4 rings (SSSR count). The van der Waals surface area contributed by atoms with Crippen molar-refractivity contribution in [1.82, 2.24) is 20.6 Å². The van der Waals surface area contributed by atoms with Crippen LogP contribution in [0, 0.1) is 11.8 Å². The first-order chi connectivity index (χ1) is 16.8. The van der Waals surface area contributed by atoms with E-state index in [0.29, 0.717) is 30.5 Å². The summed E-state index contributed by atoms with van der Waals surface area (Å²) < 4.78 is 5.32. The molecule has 7 nitrogen and oxygen atoms in total. The zero-order valence-electron chi connectivity index (χ0n) is 20.7. The van der Waals surface area contributed by atoms with Crippen molar-refractivity contribution in [2.75, 3.05) is 13.1 Å². The standard InChI is InChI=1S/C28H34N4O3/c1-28(2,3)35-27(34)31-18-20-10-8-19(9-11-20)17-30-26(33)23-16-25(21-12-14-29-15-13-21)32-24-7-5-4-6-22(23)24/h4-7,12-16,19-20H,8-11,17-18H2,1-3H3,(H,30,33)(H,31,34). The summed E-state index contributed by atoms with van der Waals surface area (Å²) in [6.45, 7) is 6.86. The molecule has 0 spiro atoms. The number of amides is 2. The SMILES string of the molecule is CC(C)(C)OC(=O)NCC1CCC(CNC(=O)c2cc(-c3ccncc3)nc3ccccc23)CC1. The van der Waals surface area contributed by atoms with E-state index in [2.05, 4.69) is 15.6 Å². The van der Waals surface area contributed by atoms with E-state index in [4.69, 9.17) is 9.72 Å². The lowest BCUT2D eigenvalue weighted by Gasteiger charge is -2.29. The van der Waals surface area contributed by atoms with Gasteiger partial charge >= 0.3 is 6.09 Å². The Hall–Kier alpha value is -3.48. The highest BCUT2D eigenvalue weighted by Crippen LogP contribution is 2.29. The van der Waals surface area contributed by atoms with Crippen LogP contribution in [0.5, 0.6) is 0 Å². The van der Waals surface area contributed by atoms with Crippen molar-refractivity contribution in [3.8, 4) is 11.3 Å². The molecule has 0 atom stereocenters. The lowest BCUT2D eigenvalue weighted by atomic mass is 9.82. The van der Waals surface area contributed by atoms with E-state index >= 15 is 0 Å². The van der Waals surface area contributed by atoms with Crippen LogP contribution < -0.4 is 10.6 Å². The van der Waals surface area contributed by atoms with Gasteiger partial charge in [-0.25, -0.2) is 9.78 Å². The van der Waals surface area contributed by atoms with Crippen LogP contribution in [-0.2, 0) is 4.74 Å². The quantitative estimate of drug-likeness (QED) is 0.502. The van der Waals surface area contributed by atoms with Gasteiger partial charge < -0.3 is 15.4 Å². The Kier molecular flexibility index (Phi) is 7.63. The van der Waals surface area contributed by atoms with Crippen molar-refractivity contribution in [3.63, 3.8) is 0 Å². The fourth-order valence-corrected chi connectivity index (χ4v) is 4.55. The normalized spacial score (nSPS) is 18.1. The van der Waals surface area contributed by atoms with Gasteiger partial charge in [0.05, 0.1) is 16.8 Å². The van der Waals surface area contributed by atoms with Crippen LogP contribution in [0.3, 0.4) is 0 Å². The summed E-state index contributed by atoms with van der Waals surface area (Å²) in [6.07, 6.45) is 7.21. The summed E-state index contributed by atoms with van der Waals surface area (Å²) >= 11 is 0. The largest absolute Gasteiger partial charge is 0.444 e. The van der Waals surface area contributed by atoms with E-state index in [1.165, 1.54) is 0 Å². The molecule has 3 aromatic rings. The number of rotatable bonds is 6. The minimum absolute atomic E-state index is 0.0763. The third-order valence-electron chi connectivity index (χ3n) is 6.39. The van der Waals surface area contributed by atoms with E-state index in [9.17, 15) is 9.59 Å². The van der Waals surface area contributed by atoms with E-state index < -0.39 is 5.60 Å². The molecule has 2 N–H and O–H groups in total.